The van der Waals surface area contributed by atoms with E-state index in [2.05, 4.69) is 5.32 Å². The molecule has 1 amide bonds. The zero-order chi connectivity index (χ0) is 16.8. The lowest BCUT2D eigenvalue weighted by Gasteiger charge is -2.06. The minimum absolute atomic E-state index is 0.0320. The van der Waals surface area contributed by atoms with Crippen molar-refractivity contribution in [2.75, 3.05) is 0 Å². The first kappa shape index (κ1) is 17.4. The molecule has 0 atom stereocenters. The molecule has 0 aromatic heterocycles. The zero-order valence-electron chi connectivity index (χ0n) is 11.8. The Bertz CT molecular complexity index is 810. The van der Waals surface area contributed by atoms with Gasteiger partial charge in [0.05, 0.1) is 10.0 Å². The third kappa shape index (κ3) is 4.74. The Morgan fingerprint density at radius 2 is 1.83 bits per heavy atom. The summed E-state index contributed by atoms with van der Waals surface area (Å²) in [5, 5.41) is 13.2. The third-order valence-electron chi connectivity index (χ3n) is 3.02. The Balaban J connectivity index is 2.12. The molecule has 6 heteroatoms. The Hall–Kier alpha value is -1.99. The van der Waals surface area contributed by atoms with Crippen LogP contribution in [-0.2, 0) is 11.3 Å². The first-order valence-corrected chi connectivity index (χ1v) is 7.73. The number of amides is 1. The minimum Gasteiger partial charge on any atom is -0.347 e. The van der Waals surface area contributed by atoms with Crippen molar-refractivity contribution in [1.29, 1.82) is 5.26 Å². The highest BCUT2D eigenvalue weighted by atomic mass is 35.5. The lowest BCUT2D eigenvalue weighted by Crippen LogP contribution is -2.24. The number of halogens is 3. The van der Waals surface area contributed by atoms with E-state index in [1.165, 1.54) is 6.08 Å². The van der Waals surface area contributed by atoms with Crippen molar-refractivity contribution in [2.45, 2.75) is 6.54 Å². The van der Waals surface area contributed by atoms with Crippen LogP contribution in [0.5, 0.6) is 0 Å². The molecule has 1 N–H and O–H groups in total. The smallest absolute Gasteiger partial charge is 0.262 e. The molecule has 0 heterocycles. The van der Waals surface area contributed by atoms with Crippen LogP contribution in [0.25, 0.3) is 6.08 Å². The van der Waals surface area contributed by atoms with E-state index in [4.69, 9.17) is 40.1 Å². The summed E-state index contributed by atoms with van der Waals surface area (Å²) in [4.78, 5) is 12.1. The molecule has 0 aliphatic heterocycles. The topological polar surface area (TPSA) is 52.9 Å². The van der Waals surface area contributed by atoms with Gasteiger partial charge in [0.2, 0.25) is 0 Å². The SMILES string of the molecule is N#C/C(=C\c1ccc(Cl)c(Cl)c1)C(=O)NCc1ccccc1Cl. The molecule has 116 valence electrons. The van der Waals surface area contributed by atoms with Crippen molar-refractivity contribution in [3.63, 3.8) is 0 Å². The highest BCUT2D eigenvalue weighted by Gasteiger charge is 2.10. The van der Waals surface area contributed by atoms with Gasteiger partial charge in [0.15, 0.2) is 0 Å². The fraction of sp³-hybridized carbons (Fsp3) is 0.0588. The largest absolute Gasteiger partial charge is 0.347 e. The van der Waals surface area contributed by atoms with Crippen molar-refractivity contribution < 1.29 is 4.79 Å². The second-order valence-electron chi connectivity index (χ2n) is 4.62. The lowest BCUT2D eigenvalue weighted by atomic mass is 10.1. The van der Waals surface area contributed by atoms with Gasteiger partial charge in [-0.25, -0.2) is 0 Å². The molecule has 0 aliphatic rings. The zero-order valence-corrected chi connectivity index (χ0v) is 14.1. The van der Waals surface area contributed by atoms with Crippen molar-refractivity contribution in [2.24, 2.45) is 0 Å². The normalized spacial score (nSPS) is 11.0. The fourth-order valence-electron chi connectivity index (χ4n) is 1.83. The molecular weight excluding hydrogens is 355 g/mol. The van der Waals surface area contributed by atoms with Gasteiger partial charge in [0.25, 0.3) is 5.91 Å². The van der Waals surface area contributed by atoms with Gasteiger partial charge in [-0.15, -0.1) is 0 Å². The second kappa shape index (κ2) is 8.03. The maximum Gasteiger partial charge on any atom is 0.262 e. The molecule has 2 rings (SSSR count). The molecule has 0 unspecified atom stereocenters. The Morgan fingerprint density at radius 3 is 2.48 bits per heavy atom. The highest BCUT2D eigenvalue weighted by Crippen LogP contribution is 2.23. The number of carbonyl (C=O) groups excluding carboxylic acids is 1. The van der Waals surface area contributed by atoms with E-state index in [-0.39, 0.29) is 12.1 Å². The molecule has 0 bridgehead atoms. The van der Waals surface area contributed by atoms with E-state index in [0.717, 1.165) is 5.56 Å². The summed E-state index contributed by atoms with van der Waals surface area (Å²) in [6.07, 6.45) is 1.45. The van der Waals surface area contributed by atoms with Gasteiger partial charge in [-0.3, -0.25) is 4.79 Å². The molecule has 3 nitrogen and oxygen atoms in total. The molecule has 2 aromatic rings. The fourth-order valence-corrected chi connectivity index (χ4v) is 2.34. The quantitative estimate of drug-likeness (QED) is 0.621. The molecule has 0 saturated heterocycles. The monoisotopic (exact) mass is 364 g/mol. The van der Waals surface area contributed by atoms with Crippen molar-refractivity contribution in [3.05, 3.63) is 74.2 Å². The number of rotatable bonds is 4. The molecule has 0 radical (unpaired) electrons. The van der Waals surface area contributed by atoms with Gasteiger partial charge in [0, 0.05) is 11.6 Å². The summed E-state index contributed by atoms with van der Waals surface area (Å²) in [5.74, 6) is -0.488. The second-order valence-corrected chi connectivity index (χ2v) is 5.84. The summed E-state index contributed by atoms with van der Waals surface area (Å²) in [7, 11) is 0. The van der Waals surface area contributed by atoms with E-state index in [1.807, 2.05) is 12.1 Å². The molecule has 0 spiro atoms. The number of hydrogen-bond donors (Lipinski definition) is 1. The van der Waals surface area contributed by atoms with Crippen LogP contribution in [-0.4, -0.2) is 5.91 Å². The van der Waals surface area contributed by atoms with Crippen molar-refractivity contribution in [1.82, 2.24) is 5.32 Å². The van der Waals surface area contributed by atoms with Crippen LogP contribution in [0.3, 0.4) is 0 Å². The molecule has 0 aliphatic carbocycles. The molecule has 2 aromatic carbocycles. The van der Waals surface area contributed by atoms with Gasteiger partial charge in [-0.05, 0) is 35.4 Å². The van der Waals surface area contributed by atoms with Gasteiger partial charge < -0.3 is 5.32 Å². The molecule has 0 fully saturated rings. The van der Waals surface area contributed by atoms with E-state index in [1.54, 1.807) is 36.4 Å². The average molecular weight is 366 g/mol. The summed E-state index contributed by atoms with van der Waals surface area (Å²) in [5.41, 5.74) is 1.36. The predicted octanol–water partition coefficient (Wildman–Crippen LogP) is 4.87. The standard InChI is InChI=1S/C17H11Cl3N2O/c18-14-4-2-1-3-12(14)10-22-17(23)13(9-21)7-11-5-6-15(19)16(20)8-11/h1-8H,10H2,(H,22,23)/b13-7+. The summed E-state index contributed by atoms with van der Waals surface area (Å²) >= 11 is 17.8. The lowest BCUT2D eigenvalue weighted by molar-refractivity contribution is -0.117. The van der Waals surface area contributed by atoms with E-state index in [0.29, 0.717) is 20.6 Å². The van der Waals surface area contributed by atoms with Crippen molar-refractivity contribution >= 4 is 46.8 Å². The Morgan fingerprint density at radius 1 is 1.09 bits per heavy atom. The maximum atomic E-state index is 12.1. The number of hydrogen-bond acceptors (Lipinski definition) is 2. The van der Waals surface area contributed by atoms with Crippen LogP contribution in [0.4, 0.5) is 0 Å². The number of nitrogens with zero attached hydrogens (tertiary/aromatic N) is 1. The number of carbonyl (C=O) groups is 1. The Labute approximate surface area is 149 Å². The van der Waals surface area contributed by atoms with Crippen LogP contribution in [0, 0.1) is 11.3 Å². The molecule has 0 saturated carbocycles. The Kier molecular flexibility index (Phi) is 6.06. The number of benzene rings is 2. The highest BCUT2D eigenvalue weighted by molar-refractivity contribution is 6.42. The van der Waals surface area contributed by atoms with Crippen LogP contribution >= 0.6 is 34.8 Å². The van der Waals surface area contributed by atoms with Gasteiger partial charge in [0.1, 0.15) is 11.6 Å². The van der Waals surface area contributed by atoms with Crippen molar-refractivity contribution in [3.8, 4) is 6.07 Å². The van der Waals surface area contributed by atoms with E-state index < -0.39 is 5.91 Å². The maximum absolute atomic E-state index is 12.1. The number of nitriles is 1. The molecule has 23 heavy (non-hydrogen) atoms. The average Bonchev–Trinajstić information content (AvgIpc) is 2.54. The summed E-state index contributed by atoms with van der Waals surface area (Å²) in [6, 6.07) is 13.9. The summed E-state index contributed by atoms with van der Waals surface area (Å²) < 4.78 is 0. The first-order chi connectivity index (χ1) is 11.0. The summed E-state index contributed by atoms with van der Waals surface area (Å²) in [6.45, 7) is 0.235. The first-order valence-electron chi connectivity index (χ1n) is 6.59. The van der Waals surface area contributed by atoms with Gasteiger partial charge >= 0.3 is 0 Å². The minimum atomic E-state index is -0.488. The van der Waals surface area contributed by atoms with E-state index in [9.17, 15) is 4.79 Å². The van der Waals surface area contributed by atoms with Gasteiger partial charge in [-0.1, -0.05) is 59.1 Å². The van der Waals surface area contributed by atoms with Crippen LogP contribution in [0.2, 0.25) is 15.1 Å². The predicted molar refractivity (Wildman–Crippen MR) is 93.4 cm³/mol. The van der Waals surface area contributed by atoms with Crippen LogP contribution in [0.1, 0.15) is 11.1 Å². The van der Waals surface area contributed by atoms with Gasteiger partial charge in [-0.2, -0.15) is 5.26 Å². The molecular formula is C17H11Cl3N2O. The third-order valence-corrected chi connectivity index (χ3v) is 4.12. The van der Waals surface area contributed by atoms with Crippen LogP contribution < -0.4 is 5.32 Å². The van der Waals surface area contributed by atoms with E-state index >= 15 is 0 Å². The van der Waals surface area contributed by atoms with Crippen LogP contribution in [0.15, 0.2) is 48.0 Å². The number of nitrogens with one attached hydrogen (secondary N) is 1.